The van der Waals surface area contributed by atoms with Crippen LogP contribution in [0.4, 0.5) is 4.39 Å². The van der Waals surface area contributed by atoms with Crippen molar-refractivity contribution in [2.24, 2.45) is 0 Å². The van der Waals surface area contributed by atoms with Gasteiger partial charge in [-0.2, -0.15) is 0 Å². The monoisotopic (exact) mass is 498 g/mol. The van der Waals surface area contributed by atoms with E-state index >= 15 is 0 Å². The van der Waals surface area contributed by atoms with E-state index in [-0.39, 0.29) is 17.5 Å². The highest BCUT2D eigenvalue weighted by atomic mass is 19.1. The normalized spacial score (nSPS) is 19.5. The summed E-state index contributed by atoms with van der Waals surface area (Å²) in [6.45, 7) is 3.38. The first-order chi connectivity index (χ1) is 17.5. The van der Waals surface area contributed by atoms with Gasteiger partial charge in [-0.1, -0.05) is 12.8 Å². The summed E-state index contributed by atoms with van der Waals surface area (Å²) in [7, 11) is 4.78. The topological polar surface area (TPSA) is 87.6 Å². The van der Waals surface area contributed by atoms with Crippen molar-refractivity contribution in [1.82, 2.24) is 20.3 Å². The van der Waals surface area contributed by atoms with Gasteiger partial charge in [0.2, 0.25) is 5.88 Å². The fourth-order valence-electron chi connectivity index (χ4n) is 4.88. The van der Waals surface area contributed by atoms with E-state index in [1.54, 1.807) is 33.6 Å². The number of halogens is 1. The molecule has 0 aromatic carbocycles. The molecule has 4 rings (SSSR count). The molecule has 3 aromatic rings. The first-order valence-electron chi connectivity index (χ1n) is 12.4. The van der Waals surface area contributed by atoms with Crippen LogP contribution in [0.1, 0.15) is 50.3 Å². The minimum absolute atomic E-state index is 0.113. The summed E-state index contributed by atoms with van der Waals surface area (Å²) in [5, 5.41) is 3.71. The Kier molecular flexibility index (Phi) is 8.53. The maximum atomic E-state index is 14.6. The molecule has 1 aliphatic heterocycles. The number of rotatable bonds is 12. The van der Waals surface area contributed by atoms with E-state index in [2.05, 4.69) is 27.2 Å². The van der Waals surface area contributed by atoms with Gasteiger partial charge in [0, 0.05) is 29.8 Å². The number of nitrogens with zero attached hydrogens (tertiary/aromatic N) is 3. The number of aromatic nitrogens is 3. The lowest BCUT2D eigenvalue weighted by Crippen LogP contribution is -2.45. The van der Waals surface area contributed by atoms with Crippen molar-refractivity contribution < 1.29 is 23.3 Å². The van der Waals surface area contributed by atoms with Gasteiger partial charge in [0.25, 0.3) is 0 Å². The predicted octanol–water partition coefficient (Wildman–Crippen LogP) is 4.63. The first-order valence-corrected chi connectivity index (χ1v) is 12.4. The Morgan fingerprint density at radius 1 is 1.06 bits per heavy atom. The minimum Gasteiger partial charge on any atom is -0.493 e. The highest BCUT2D eigenvalue weighted by Gasteiger charge is 2.37. The van der Waals surface area contributed by atoms with Crippen molar-refractivity contribution in [2.75, 3.05) is 27.9 Å². The molecular weight excluding hydrogens is 463 g/mol. The molecule has 4 heterocycles. The van der Waals surface area contributed by atoms with Crippen LogP contribution in [0.2, 0.25) is 0 Å². The molecule has 9 heteroatoms. The lowest BCUT2D eigenvalue weighted by atomic mass is 9.89. The second kappa shape index (κ2) is 11.8. The SMILES string of the molecule is COc1ccc2ncc(F)c(CCCCCC3(NCc4cc(OC)c(OC)cn4)COC(C)C3)c2n1. The summed E-state index contributed by atoms with van der Waals surface area (Å²) < 4.78 is 36.4. The summed E-state index contributed by atoms with van der Waals surface area (Å²) >= 11 is 0. The quantitative estimate of drug-likeness (QED) is 0.362. The number of methoxy groups -OCH3 is 3. The molecule has 36 heavy (non-hydrogen) atoms. The molecule has 1 saturated heterocycles. The van der Waals surface area contributed by atoms with E-state index in [9.17, 15) is 4.39 Å². The zero-order valence-corrected chi connectivity index (χ0v) is 21.5. The molecule has 1 aliphatic rings. The highest BCUT2D eigenvalue weighted by molar-refractivity contribution is 5.78. The molecule has 1 fully saturated rings. The van der Waals surface area contributed by atoms with E-state index in [1.165, 1.54) is 6.20 Å². The van der Waals surface area contributed by atoms with Gasteiger partial charge in [-0.05, 0) is 38.7 Å². The van der Waals surface area contributed by atoms with Crippen LogP contribution in [-0.4, -0.2) is 54.5 Å². The van der Waals surface area contributed by atoms with Gasteiger partial charge in [0.1, 0.15) is 5.82 Å². The van der Waals surface area contributed by atoms with E-state index < -0.39 is 0 Å². The van der Waals surface area contributed by atoms with Gasteiger partial charge >= 0.3 is 0 Å². The van der Waals surface area contributed by atoms with Gasteiger partial charge in [0.05, 0.1) is 63.2 Å². The second-order valence-electron chi connectivity index (χ2n) is 9.36. The fraction of sp³-hybridized carbons (Fsp3) is 0.519. The summed E-state index contributed by atoms with van der Waals surface area (Å²) in [5.74, 6) is 1.42. The number of fused-ring (bicyclic) bond motifs is 1. The molecule has 0 amide bonds. The van der Waals surface area contributed by atoms with Gasteiger partial charge in [0.15, 0.2) is 11.5 Å². The fourth-order valence-corrected chi connectivity index (χ4v) is 4.88. The smallest absolute Gasteiger partial charge is 0.213 e. The number of nitrogens with one attached hydrogen (secondary N) is 1. The predicted molar refractivity (Wildman–Crippen MR) is 135 cm³/mol. The third-order valence-corrected chi connectivity index (χ3v) is 6.83. The molecule has 0 spiro atoms. The number of unbranched alkanes of at least 4 members (excludes halogenated alkanes) is 2. The molecule has 0 radical (unpaired) electrons. The summed E-state index contributed by atoms with van der Waals surface area (Å²) in [6.07, 6.45) is 8.52. The highest BCUT2D eigenvalue weighted by Crippen LogP contribution is 2.31. The molecule has 1 N–H and O–H groups in total. The van der Waals surface area contributed by atoms with Crippen LogP contribution in [0.5, 0.6) is 17.4 Å². The molecule has 0 saturated carbocycles. The average molecular weight is 499 g/mol. The number of hydrogen-bond acceptors (Lipinski definition) is 8. The summed E-state index contributed by atoms with van der Waals surface area (Å²) in [4.78, 5) is 13.1. The lowest BCUT2D eigenvalue weighted by Gasteiger charge is -2.29. The largest absolute Gasteiger partial charge is 0.493 e. The molecule has 3 aromatic heterocycles. The Bertz CT molecular complexity index is 1180. The molecule has 194 valence electrons. The van der Waals surface area contributed by atoms with Gasteiger partial charge in [-0.3, -0.25) is 9.97 Å². The van der Waals surface area contributed by atoms with Crippen molar-refractivity contribution in [2.45, 2.75) is 63.6 Å². The van der Waals surface area contributed by atoms with Crippen molar-refractivity contribution in [3.8, 4) is 17.4 Å². The number of ether oxygens (including phenoxy) is 4. The van der Waals surface area contributed by atoms with Crippen LogP contribution in [0.25, 0.3) is 11.0 Å². The molecule has 2 atom stereocenters. The zero-order valence-electron chi connectivity index (χ0n) is 21.5. The number of pyridine rings is 3. The third-order valence-electron chi connectivity index (χ3n) is 6.83. The van der Waals surface area contributed by atoms with Gasteiger partial charge < -0.3 is 24.3 Å². The minimum atomic E-state index is -0.318. The summed E-state index contributed by atoms with van der Waals surface area (Å²) in [5.41, 5.74) is 2.63. The van der Waals surface area contributed by atoms with Gasteiger partial charge in [-0.15, -0.1) is 0 Å². The third kappa shape index (κ3) is 6.02. The number of aryl methyl sites for hydroxylation is 1. The van der Waals surface area contributed by atoms with Gasteiger partial charge in [-0.25, -0.2) is 9.37 Å². The Morgan fingerprint density at radius 3 is 2.61 bits per heavy atom. The Morgan fingerprint density at radius 2 is 1.89 bits per heavy atom. The van der Waals surface area contributed by atoms with E-state index in [0.717, 1.165) is 37.8 Å². The Hall–Kier alpha value is -3.04. The molecule has 0 bridgehead atoms. The zero-order chi connectivity index (χ0) is 25.5. The molecule has 2 unspecified atom stereocenters. The van der Waals surface area contributed by atoms with Crippen LogP contribution in [0.3, 0.4) is 0 Å². The van der Waals surface area contributed by atoms with Crippen molar-refractivity contribution in [3.05, 3.63) is 47.7 Å². The van der Waals surface area contributed by atoms with Crippen LogP contribution >= 0.6 is 0 Å². The Labute approximate surface area is 211 Å². The van der Waals surface area contributed by atoms with Crippen LogP contribution in [0, 0.1) is 5.82 Å². The van der Waals surface area contributed by atoms with Crippen LogP contribution in [0.15, 0.2) is 30.6 Å². The van der Waals surface area contributed by atoms with Crippen molar-refractivity contribution >= 4 is 11.0 Å². The Balaban J connectivity index is 1.34. The van der Waals surface area contributed by atoms with Crippen LogP contribution in [-0.2, 0) is 17.7 Å². The molecule has 8 nitrogen and oxygen atoms in total. The van der Waals surface area contributed by atoms with Crippen molar-refractivity contribution in [3.63, 3.8) is 0 Å². The summed E-state index contributed by atoms with van der Waals surface area (Å²) in [6, 6.07) is 5.45. The van der Waals surface area contributed by atoms with E-state index in [4.69, 9.17) is 18.9 Å². The van der Waals surface area contributed by atoms with E-state index in [1.807, 2.05) is 12.1 Å². The van der Waals surface area contributed by atoms with E-state index in [0.29, 0.717) is 53.5 Å². The second-order valence-corrected chi connectivity index (χ2v) is 9.36. The lowest BCUT2D eigenvalue weighted by molar-refractivity contribution is 0.110. The number of hydrogen-bond donors (Lipinski definition) is 1. The molecule has 0 aliphatic carbocycles. The maximum Gasteiger partial charge on any atom is 0.213 e. The standard InChI is InChI=1S/C27H35FN4O4/c1-18-13-27(17-36-18,31-14-19-12-23(33-2)24(34-3)16-29-19)11-7-5-6-8-20-21(28)15-30-22-9-10-25(35-4)32-26(20)22/h9-10,12,15-16,18,31H,5-8,11,13-14,17H2,1-4H3. The molecular formula is C27H35FN4O4. The average Bonchev–Trinajstić information content (AvgIpc) is 3.28. The first kappa shape index (κ1) is 26.0. The van der Waals surface area contributed by atoms with Crippen LogP contribution < -0.4 is 19.5 Å². The van der Waals surface area contributed by atoms with Crippen molar-refractivity contribution in [1.29, 1.82) is 0 Å². The maximum absolute atomic E-state index is 14.6.